The fraction of sp³-hybridized carbons (Fsp3) is 0.538. The smallest absolute Gasteiger partial charge is 0.0663 e. The third-order valence-corrected chi connectivity index (χ3v) is 2.97. The van der Waals surface area contributed by atoms with Gasteiger partial charge in [-0.3, -0.25) is 0 Å². The molecule has 0 aliphatic carbocycles. The van der Waals surface area contributed by atoms with Gasteiger partial charge in [0, 0.05) is 25.9 Å². The second-order valence-electron chi connectivity index (χ2n) is 4.18. The summed E-state index contributed by atoms with van der Waals surface area (Å²) in [5.41, 5.74) is 3.93. The summed E-state index contributed by atoms with van der Waals surface area (Å²) in [4.78, 5) is 2.25. The molecule has 0 amide bonds. The highest BCUT2D eigenvalue weighted by molar-refractivity contribution is 5.50. The summed E-state index contributed by atoms with van der Waals surface area (Å²) >= 11 is 0. The van der Waals surface area contributed by atoms with E-state index in [0.29, 0.717) is 6.04 Å². The molecule has 1 rings (SSSR count). The van der Waals surface area contributed by atoms with Gasteiger partial charge < -0.3 is 9.64 Å². The van der Waals surface area contributed by atoms with Gasteiger partial charge in [0.1, 0.15) is 0 Å². The SMILES string of the molecule is COCC(C)N(C)c1ccc(C)c(C)c1. The first kappa shape index (κ1) is 12.1. The van der Waals surface area contributed by atoms with Crippen molar-refractivity contribution in [2.45, 2.75) is 26.8 Å². The summed E-state index contributed by atoms with van der Waals surface area (Å²) in [6.45, 7) is 7.20. The number of methoxy groups -OCH3 is 1. The summed E-state index contributed by atoms with van der Waals surface area (Å²) in [6, 6.07) is 6.95. The van der Waals surface area contributed by atoms with E-state index in [1.165, 1.54) is 16.8 Å². The first-order valence-corrected chi connectivity index (χ1v) is 5.35. The van der Waals surface area contributed by atoms with Crippen LogP contribution in [0.25, 0.3) is 0 Å². The lowest BCUT2D eigenvalue weighted by Crippen LogP contribution is -2.32. The van der Waals surface area contributed by atoms with Crippen LogP contribution in [0.2, 0.25) is 0 Å². The molecule has 1 atom stereocenters. The van der Waals surface area contributed by atoms with Crippen LogP contribution < -0.4 is 4.90 Å². The standard InChI is InChI=1S/C13H21NO/c1-10-6-7-13(8-11(10)2)14(4)12(3)9-15-5/h6-8,12H,9H2,1-5H3. The Morgan fingerprint density at radius 3 is 2.47 bits per heavy atom. The van der Waals surface area contributed by atoms with Crippen molar-refractivity contribution in [1.29, 1.82) is 0 Å². The first-order chi connectivity index (χ1) is 7.06. The molecule has 15 heavy (non-hydrogen) atoms. The van der Waals surface area contributed by atoms with Gasteiger partial charge in [0.2, 0.25) is 0 Å². The molecule has 0 N–H and O–H groups in total. The highest BCUT2D eigenvalue weighted by atomic mass is 16.5. The molecule has 0 saturated heterocycles. The highest BCUT2D eigenvalue weighted by Gasteiger charge is 2.09. The summed E-state index contributed by atoms with van der Waals surface area (Å²) in [6.07, 6.45) is 0. The molecule has 0 aliphatic rings. The average molecular weight is 207 g/mol. The quantitative estimate of drug-likeness (QED) is 0.752. The fourth-order valence-corrected chi connectivity index (χ4v) is 1.55. The summed E-state index contributed by atoms with van der Waals surface area (Å²) < 4.78 is 5.16. The molecule has 2 heteroatoms. The van der Waals surface area contributed by atoms with Crippen molar-refractivity contribution in [2.75, 3.05) is 25.7 Å². The molecule has 0 aliphatic heterocycles. The number of ether oxygens (including phenoxy) is 1. The normalized spacial score (nSPS) is 12.6. The van der Waals surface area contributed by atoms with Crippen LogP contribution in [0, 0.1) is 13.8 Å². The Morgan fingerprint density at radius 1 is 1.27 bits per heavy atom. The van der Waals surface area contributed by atoms with Gasteiger partial charge in [0.15, 0.2) is 0 Å². The molecule has 1 unspecified atom stereocenters. The molecular formula is C13H21NO. The van der Waals surface area contributed by atoms with Gasteiger partial charge in [-0.15, -0.1) is 0 Å². The molecule has 0 aromatic heterocycles. The maximum atomic E-state index is 5.16. The molecule has 0 heterocycles. The number of nitrogens with zero attached hydrogens (tertiary/aromatic N) is 1. The van der Waals surface area contributed by atoms with Crippen molar-refractivity contribution in [3.63, 3.8) is 0 Å². The zero-order valence-electron chi connectivity index (χ0n) is 10.4. The van der Waals surface area contributed by atoms with Crippen molar-refractivity contribution in [3.8, 4) is 0 Å². The minimum absolute atomic E-state index is 0.400. The largest absolute Gasteiger partial charge is 0.383 e. The van der Waals surface area contributed by atoms with Crippen LogP contribution >= 0.6 is 0 Å². The number of hydrogen-bond donors (Lipinski definition) is 0. The van der Waals surface area contributed by atoms with E-state index < -0.39 is 0 Å². The molecule has 0 fully saturated rings. The topological polar surface area (TPSA) is 12.5 Å². The van der Waals surface area contributed by atoms with Gasteiger partial charge >= 0.3 is 0 Å². The van der Waals surface area contributed by atoms with Crippen LogP contribution in [-0.4, -0.2) is 26.8 Å². The number of aryl methyl sites for hydroxylation is 2. The number of anilines is 1. The van der Waals surface area contributed by atoms with Crippen molar-refractivity contribution in [1.82, 2.24) is 0 Å². The van der Waals surface area contributed by atoms with E-state index in [0.717, 1.165) is 6.61 Å². The third kappa shape index (κ3) is 2.96. The molecule has 1 aromatic carbocycles. The Kier molecular flexibility index (Phi) is 4.15. The molecule has 2 nitrogen and oxygen atoms in total. The van der Waals surface area contributed by atoms with Crippen LogP contribution in [0.15, 0.2) is 18.2 Å². The van der Waals surface area contributed by atoms with Crippen LogP contribution in [0.1, 0.15) is 18.1 Å². The molecular weight excluding hydrogens is 186 g/mol. The Morgan fingerprint density at radius 2 is 1.93 bits per heavy atom. The molecule has 0 bridgehead atoms. The lowest BCUT2D eigenvalue weighted by molar-refractivity contribution is 0.183. The Bertz CT molecular complexity index is 322. The van der Waals surface area contributed by atoms with E-state index in [1.807, 2.05) is 0 Å². The zero-order chi connectivity index (χ0) is 11.4. The van der Waals surface area contributed by atoms with Crippen LogP contribution in [0.3, 0.4) is 0 Å². The Balaban J connectivity index is 2.81. The van der Waals surface area contributed by atoms with Gasteiger partial charge in [-0.1, -0.05) is 6.07 Å². The van der Waals surface area contributed by atoms with Crippen molar-refractivity contribution in [3.05, 3.63) is 29.3 Å². The van der Waals surface area contributed by atoms with Crippen molar-refractivity contribution >= 4 is 5.69 Å². The molecule has 0 radical (unpaired) electrons. The van der Waals surface area contributed by atoms with E-state index in [1.54, 1.807) is 7.11 Å². The second kappa shape index (κ2) is 5.17. The van der Waals surface area contributed by atoms with Crippen molar-refractivity contribution in [2.24, 2.45) is 0 Å². The number of likely N-dealkylation sites (N-methyl/N-ethyl adjacent to an activating group) is 1. The number of benzene rings is 1. The summed E-state index contributed by atoms with van der Waals surface area (Å²) in [5.74, 6) is 0. The maximum absolute atomic E-state index is 5.16. The maximum Gasteiger partial charge on any atom is 0.0663 e. The van der Waals surface area contributed by atoms with Gasteiger partial charge in [0.05, 0.1) is 6.61 Å². The predicted molar refractivity (Wildman–Crippen MR) is 65.7 cm³/mol. The van der Waals surface area contributed by atoms with Crippen molar-refractivity contribution < 1.29 is 4.74 Å². The molecule has 84 valence electrons. The Labute approximate surface area is 92.9 Å². The van der Waals surface area contributed by atoms with E-state index in [2.05, 4.69) is 50.9 Å². The monoisotopic (exact) mass is 207 g/mol. The van der Waals surface area contributed by atoms with E-state index >= 15 is 0 Å². The van der Waals surface area contributed by atoms with E-state index in [-0.39, 0.29) is 0 Å². The minimum atomic E-state index is 0.400. The van der Waals surface area contributed by atoms with Crippen LogP contribution in [-0.2, 0) is 4.74 Å². The number of hydrogen-bond acceptors (Lipinski definition) is 2. The van der Waals surface area contributed by atoms with E-state index in [9.17, 15) is 0 Å². The predicted octanol–water partition coefficient (Wildman–Crippen LogP) is 2.77. The summed E-state index contributed by atoms with van der Waals surface area (Å²) in [7, 11) is 3.85. The lowest BCUT2D eigenvalue weighted by Gasteiger charge is -2.27. The number of rotatable bonds is 4. The van der Waals surface area contributed by atoms with Crippen LogP contribution in [0.5, 0.6) is 0 Å². The first-order valence-electron chi connectivity index (χ1n) is 5.35. The third-order valence-electron chi connectivity index (χ3n) is 2.97. The van der Waals surface area contributed by atoms with Gasteiger partial charge in [-0.2, -0.15) is 0 Å². The van der Waals surface area contributed by atoms with Gasteiger partial charge in [-0.25, -0.2) is 0 Å². The van der Waals surface area contributed by atoms with Crippen LogP contribution in [0.4, 0.5) is 5.69 Å². The van der Waals surface area contributed by atoms with Gasteiger partial charge in [-0.05, 0) is 44.0 Å². The fourth-order valence-electron chi connectivity index (χ4n) is 1.55. The highest BCUT2D eigenvalue weighted by Crippen LogP contribution is 2.19. The zero-order valence-corrected chi connectivity index (χ0v) is 10.4. The molecule has 1 aromatic rings. The van der Waals surface area contributed by atoms with E-state index in [4.69, 9.17) is 4.74 Å². The molecule has 0 spiro atoms. The van der Waals surface area contributed by atoms with Gasteiger partial charge in [0.25, 0.3) is 0 Å². The minimum Gasteiger partial charge on any atom is -0.383 e. The second-order valence-corrected chi connectivity index (χ2v) is 4.18. The molecule has 0 saturated carbocycles. The Hall–Kier alpha value is -1.02. The average Bonchev–Trinajstić information content (AvgIpc) is 2.21. The summed E-state index contributed by atoms with van der Waals surface area (Å²) in [5, 5.41) is 0. The lowest BCUT2D eigenvalue weighted by atomic mass is 10.1.